The molecule has 3 aliphatic carbocycles. The maximum absolute atomic E-state index is 12.3. The highest BCUT2D eigenvalue weighted by molar-refractivity contribution is 5.29. The quantitative estimate of drug-likeness (QED) is 0.371. The third kappa shape index (κ3) is 7.69. The molecule has 0 N–H and O–H groups in total. The number of hydrogen-bond donors (Lipinski definition) is 0. The Morgan fingerprint density at radius 1 is 0.636 bits per heavy atom. The molecule has 182 valence electrons. The van der Waals surface area contributed by atoms with Crippen molar-refractivity contribution in [2.24, 2.45) is 29.6 Å². The molecule has 3 saturated carbocycles. The maximum atomic E-state index is 12.3. The summed E-state index contributed by atoms with van der Waals surface area (Å²) < 4.78 is 29.1. The molecule has 0 unspecified atom stereocenters. The van der Waals surface area contributed by atoms with Gasteiger partial charge in [-0.05, 0) is 117 Å². The number of benzene rings is 1. The molecule has 0 amide bonds. The number of allylic oxidation sites excluding steroid dienone is 4. The first kappa shape index (κ1) is 24.5. The van der Waals surface area contributed by atoms with Crippen LogP contribution in [0.15, 0.2) is 48.6 Å². The Hall–Kier alpha value is -1.64. The third-order valence-corrected chi connectivity index (χ3v) is 8.54. The second-order valence-electron chi connectivity index (χ2n) is 11.0. The highest BCUT2D eigenvalue weighted by atomic mass is 19.3. The summed E-state index contributed by atoms with van der Waals surface area (Å²) in [6.45, 7) is -0.356. The van der Waals surface area contributed by atoms with Gasteiger partial charge < -0.3 is 4.74 Å². The van der Waals surface area contributed by atoms with Crippen LogP contribution < -0.4 is 4.74 Å². The maximum Gasteiger partial charge on any atom is 0.387 e. The Bertz CT molecular complexity index is 744. The highest BCUT2D eigenvalue weighted by Crippen LogP contribution is 2.38. The van der Waals surface area contributed by atoms with Gasteiger partial charge >= 0.3 is 6.61 Å². The van der Waals surface area contributed by atoms with Crippen molar-refractivity contribution in [3.63, 3.8) is 0 Å². The lowest BCUT2D eigenvalue weighted by Gasteiger charge is -2.29. The van der Waals surface area contributed by atoms with Crippen LogP contribution in [0.25, 0.3) is 0 Å². The number of rotatable bonds is 7. The fourth-order valence-corrected chi connectivity index (χ4v) is 6.20. The van der Waals surface area contributed by atoms with E-state index in [9.17, 15) is 8.78 Å². The van der Waals surface area contributed by atoms with Gasteiger partial charge in [0, 0.05) is 0 Å². The van der Waals surface area contributed by atoms with Gasteiger partial charge in [0.1, 0.15) is 5.75 Å². The van der Waals surface area contributed by atoms with E-state index in [0.717, 1.165) is 23.7 Å². The fraction of sp³-hybridized carbons (Fsp3) is 0.667. The van der Waals surface area contributed by atoms with E-state index in [1.807, 2.05) is 12.1 Å². The van der Waals surface area contributed by atoms with E-state index in [1.165, 1.54) is 82.6 Å². The zero-order valence-electron chi connectivity index (χ0n) is 20.3. The number of alkyl halides is 2. The molecular formula is C30H42F2O. The summed E-state index contributed by atoms with van der Waals surface area (Å²) in [5, 5.41) is 0. The molecule has 3 heteroatoms. The summed E-state index contributed by atoms with van der Waals surface area (Å²) in [6.07, 6.45) is 26.0. The average Bonchev–Trinajstić information content (AvgIpc) is 2.84. The molecule has 1 aromatic carbocycles. The molecule has 0 aliphatic heterocycles. The average molecular weight is 457 g/mol. The molecule has 0 spiro atoms. The molecule has 0 bridgehead atoms. The lowest BCUT2D eigenvalue weighted by molar-refractivity contribution is -0.0498. The molecule has 3 aliphatic rings. The second kappa shape index (κ2) is 12.2. The summed E-state index contributed by atoms with van der Waals surface area (Å²) in [7, 11) is 0. The molecular weight excluding hydrogens is 414 g/mol. The van der Waals surface area contributed by atoms with Crippen molar-refractivity contribution in [2.45, 2.75) is 96.5 Å². The summed E-state index contributed by atoms with van der Waals surface area (Å²) in [5.74, 6) is 4.86. The summed E-state index contributed by atoms with van der Waals surface area (Å²) >= 11 is 0. The van der Waals surface area contributed by atoms with Crippen molar-refractivity contribution < 1.29 is 13.5 Å². The first-order valence-corrected chi connectivity index (χ1v) is 13.5. The first-order chi connectivity index (χ1) is 16.0. The lowest BCUT2D eigenvalue weighted by Crippen LogP contribution is -2.14. The van der Waals surface area contributed by atoms with Gasteiger partial charge in [0.25, 0.3) is 0 Å². The van der Waals surface area contributed by atoms with E-state index in [2.05, 4.69) is 36.0 Å². The Kier molecular flexibility index (Phi) is 9.03. The smallest absolute Gasteiger partial charge is 0.387 e. The highest BCUT2D eigenvalue weighted by Gasteiger charge is 2.23. The van der Waals surface area contributed by atoms with Crippen molar-refractivity contribution in [3.8, 4) is 5.75 Å². The van der Waals surface area contributed by atoms with Crippen LogP contribution in [0, 0.1) is 29.6 Å². The van der Waals surface area contributed by atoms with E-state index in [1.54, 1.807) is 12.1 Å². The molecule has 0 aromatic heterocycles. The first-order valence-electron chi connectivity index (χ1n) is 13.5. The predicted octanol–water partition coefficient (Wildman–Crippen LogP) is 9.31. The van der Waals surface area contributed by atoms with E-state index >= 15 is 0 Å². The molecule has 0 heterocycles. The van der Waals surface area contributed by atoms with E-state index in [4.69, 9.17) is 0 Å². The monoisotopic (exact) mass is 456 g/mol. The Morgan fingerprint density at radius 2 is 1.03 bits per heavy atom. The number of ether oxygens (including phenoxy) is 1. The van der Waals surface area contributed by atoms with Crippen LogP contribution in [0.3, 0.4) is 0 Å². The topological polar surface area (TPSA) is 9.23 Å². The molecule has 0 saturated heterocycles. The SMILES string of the molecule is CC1CCC(/C=C/C2CCC(/C=C/C3CCC(c4ccc(OC(F)F)cc4)CC3)CC2)CC1. The van der Waals surface area contributed by atoms with Gasteiger partial charge in [-0.15, -0.1) is 0 Å². The molecule has 3 fully saturated rings. The molecule has 4 rings (SSSR count). The van der Waals surface area contributed by atoms with Crippen LogP contribution >= 0.6 is 0 Å². The van der Waals surface area contributed by atoms with Crippen molar-refractivity contribution in [1.29, 1.82) is 0 Å². The zero-order chi connectivity index (χ0) is 23.0. The molecule has 0 atom stereocenters. The zero-order valence-corrected chi connectivity index (χ0v) is 20.3. The standard InChI is InChI=1S/C30H42F2O/c1-22-2-4-23(5-3-22)6-7-24-8-10-25(11-9-24)12-13-26-14-16-27(17-15-26)28-18-20-29(21-19-28)33-30(31)32/h6-7,12-13,18-27,30H,2-5,8-11,14-17H2,1H3/b7-6+,13-12+. The van der Waals surface area contributed by atoms with Crippen LogP contribution in [0.1, 0.15) is 95.5 Å². The van der Waals surface area contributed by atoms with Crippen LogP contribution in [0.5, 0.6) is 5.75 Å². The second-order valence-corrected chi connectivity index (χ2v) is 11.0. The Morgan fingerprint density at radius 3 is 1.45 bits per heavy atom. The Labute approximate surface area is 199 Å². The number of halogens is 2. The minimum atomic E-state index is -2.75. The van der Waals surface area contributed by atoms with Crippen molar-refractivity contribution in [2.75, 3.05) is 0 Å². The van der Waals surface area contributed by atoms with Crippen molar-refractivity contribution in [1.82, 2.24) is 0 Å². The van der Waals surface area contributed by atoms with Crippen LogP contribution in [0.2, 0.25) is 0 Å². The normalized spacial score (nSPS) is 33.7. The predicted molar refractivity (Wildman–Crippen MR) is 133 cm³/mol. The van der Waals surface area contributed by atoms with Crippen LogP contribution in [-0.4, -0.2) is 6.61 Å². The molecule has 1 nitrogen and oxygen atoms in total. The third-order valence-electron chi connectivity index (χ3n) is 8.54. The fourth-order valence-electron chi connectivity index (χ4n) is 6.20. The van der Waals surface area contributed by atoms with Gasteiger partial charge in [-0.25, -0.2) is 0 Å². The van der Waals surface area contributed by atoms with E-state index < -0.39 is 6.61 Å². The minimum Gasteiger partial charge on any atom is -0.435 e. The van der Waals surface area contributed by atoms with E-state index in [0.29, 0.717) is 11.8 Å². The van der Waals surface area contributed by atoms with Gasteiger partial charge in [0.15, 0.2) is 0 Å². The van der Waals surface area contributed by atoms with Crippen LogP contribution in [-0.2, 0) is 0 Å². The van der Waals surface area contributed by atoms with Gasteiger partial charge in [-0.3, -0.25) is 0 Å². The molecule has 0 radical (unpaired) electrons. The van der Waals surface area contributed by atoms with Crippen LogP contribution in [0.4, 0.5) is 8.78 Å². The van der Waals surface area contributed by atoms with E-state index in [-0.39, 0.29) is 5.75 Å². The van der Waals surface area contributed by atoms with Crippen molar-refractivity contribution >= 4 is 0 Å². The largest absolute Gasteiger partial charge is 0.435 e. The molecule has 1 aromatic rings. The summed E-state index contributed by atoms with van der Waals surface area (Å²) in [6, 6.07) is 7.27. The van der Waals surface area contributed by atoms with Gasteiger partial charge in [-0.1, -0.05) is 56.2 Å². The van der Waals surface area contributed by atoms with Gasteiger partial charge in [0.2, 0.25) is 0 Å². The van der Waals surface area contributed by atoms with Gasteiger partial charge in [-0.2, -0.15) is 8.78 Å². The summed E-state index contributed by atoms with van der Waals surface area (Å²) in [4.78, 5) is 0. The molecule has 33 heavy (non-hydrogen) atoms. The number of hydrogen-bond acceptors (Lipinski definition) is 1. The Balaban J connectivity index is 1.15. The minimum absolute atomic E-state index is 0.249. The summed E-state index contributed by atoms with van der Waals surface area (Å²) in [5.41, 5.74) is 1.26. The lowest BCUT2D eigenvalue weighted by atomic mass is 9.77. The van der Waals surface area contributed by atoms with Gasteiger partial charge in [0.05, 0.1) is 0 Å². The van der Waals surface area contributed by atoms with Crippen molar-refractivity contribution in [3.05, 3.63) is 54.1 Å².